The van der Waals surface area contributed by atoms with E-state index in [1.54, 1.807) is 0 Å². The van der Waals surface area contributed by atoms with Gasteiger partial charge in [0.05, 0.1) is 0 Å². The van der Waals surface area contributed by atoms with Crippen molar-refractivity contribution in [3.8, 4) is 0 Å². The third-order valence-corrected chi connectivity index (χ3v) is 3.67. The average molecular weight is 187 g/mol. The Hall–Kier alpha value is -0.0400. The molecule has 68 valence electrons. The van der Waals surface area contributed by atoms with Crippen molar-refractivity contribution >= 4 is 16.8 Å². The van der Waals surface area contributed by atoms with Crippen LogP contribution in [0.2, 0.25) is 0 Å². The van der Waals surface area contributed by atoms with Gasteiger partial charge >= 0.3 is 0 Å². The summed E-state index contributed by atoms with van der Waals surface area (Å²) in [5.41, 5.74) is 0. The molecule has 2 aliphatic rings. The van der Waals surface area contributed by atoms with Crippen molar-refractivity contribution in [2.24, 2.45) is 17.8 Å². The minimum atomic E-state index is -0.0921. The third kappa shape index (κ3) is 1.66. The van der Waals surface area contributed by atoms with Crippen molar-refractivity contribution in [2.75, 3.05) is 0 Å². The van der Waals surface area contributed by atoms with Crippen LogP contribution >= 0.6 is 11.6 Å². The first-order valence-electron chi connectivity index (χ1n) is 4.98. The summed E-state index contributed by atoms with van der Waals surface area (Å²) in [6.45, 7) is 0. The third-order valence-electron chi connectivity index (χ3n) is 3.39. The molecule has 0 bridgehead atoms. The van der Waals surface area contributed by atoms with Gasteiger partial charge in [0.15, 0.2) is 0 Å². The van der Waals surface area contributed by atoms with Crippen molar-refractivity contribution in [1.29, 1.82) is 0 Å². The van der Waals surface area contributed by atoms with Crippen molar-refractivity contribution in [3.63, 3.8) is 0 Å². The number of carbonyl (C=O) groups is 1. The second-order valence-electron chi connectivity index (χ2n) is 4.21. The molecule has 0 heterocycles. The van der Waals surface area contributed by atoms with Crippen molar-refractivity contribution in [2.45, 2.75) is 38.5 Å². The first-order valence-corrected chi connectivity index (χ1v) is 5.36. The van der Waals surface area contributed by atoms with Gasteiger partial charge in [0.1, 0.15) is 0 Å². The summed E-state index contributed by atoms with van der Waals surface area (Å²) in [4.78, 5) is 10.8. The molecule has 0 amide bonds. The molecule has 2 heteroatoms. The fraction of sp³-hybridized carbons (Fsp3) is 0.900. The van der Waals surface area contributed by atoms with E-state index in [0.717, 1.165) is 12.3 Å². The Morgan fingerprint density at radius 2 is 1.83 bits per heavy atom. The van der Waals surface area contributed by atoms with Crippen LogP contribution in [0.3, 0.4) is 0 Å². The van der Waals surface area contributed by atoms with Gasteiger partial charge in [-0.05, 0) is 29.9 Å². The highest BCUT2D eigenvalue weighted by Gasteiger charge is 2.46. The molecule has 0 aromatic heterocycles. The maximum Gasteiger partial charge on any atom is 0.225 e. The lowest BCUT2D eigenvalue weighted by Gasteiger charge is -2.21. The molecule has 0 radical (unpaired) electrons. The number of rotatable bonds is 2. The maximum absolute atomic E-state index is 10.8. The van der Waals surface area contributed by atoms with Crippen molar-refractivity contribution in [3.05, 3.63) is 0 Å². The predicted molar refractivity (Wildman–Crippen MR) is 49.0 cm³/mol. The van der Waals surface area contributed by atoms with Crippen LogP contribution in [0, 0.1) is 17.8 Å². The Morgan fingerprint density at radius 3 is 2.33 bits per heavy atom. The molecule has 2 saturated carbocycles. The molecule has 0 saturated heterocycles. The Labute approximate surface area is 78.5 Å². The molecule has 2 aliphatic carbocycles. The molecule has 0 N–H and O–H groups in total. The standard InChI is InChI=1S/C10H15ClO/c11-10(12)9-6-8(9)7-4-2-1-3-5-7/h7-9H,1-6H2. The second-order valence-corrected chi connectivity index (χ2v) is 4.58. The van der Waals surface area contributed by atoms with E-state index < -0.39 is 0 Å². The fourth-order valence-corrected chi connectivity index (χ4v) is 2.81. The van der Waals surface area contributed by atoms with Gasteiger partial charge in [0, 0.05) is 5.92 Å². The molecule has 1 nitrogen and oxygen atoms in total. The van der Waals surface area contributed by atoms with E-state index >= 15 is 0 Å². The smallest absolute Gasteiger partial charge is 0.225 e. The summed E-state index contributed by atoms with van der Waals surface area (Å²) in [7, 11) is 0. The first-order chi connectivity index (χ1) is 5.79. The van der Waals surface area contributed by atoms with Crippen molar-refractivity contribution < 1.29 is 4.79 Å². The van der Waals surface area contributed by atoms with Crippen LogP contribution in [0.5, 0.6) is 0 Å². The zero-order chi connectivity index (χ0) is 8.55. The summed E-state index contributed by atoms with van der Waals surface area (Å²) >= 11 is 5.45. The Balaban J connectivity index is 1.83. The van der Waals surface area contributed by atoms with Gasteiger partial charge in [-0.1, -0.05) is 32.1 Å². The van der Waals surface area contributed by atoms with Gasteiger partial charge < -0.3 is 0 Å². The highest BCUT2D eigenvalue weighted by Crippen LogP contribution is 2.50. The molecule has 0 aliphatic heterocycles. The summed E-state index contributed by atoms with van der Waals surface area (Å²) in [6.07, 6.45) is 7.88. The van der Waals surface area contributed by atoms with Gasteiger partial charge in [-0.2, -0.15) is 0 Å². The minimum absolute atomic E-state index is 0.0921. The minimum Gasteiger partial charge on any atom is -0.281 e. The molecular weight excluding hydrogens is 172 g/mol. The van der Waals surface area contributed by atoms with Gasteiger partial charge in [-0.15, -0.1) is 0 Å². The molecule has 0 spiro atoms. The summed E-state index contributed by atoms with van der Waals surface area (Å²) < 4.78 is 0. The second kappa shape index (κ2) is 3.37. The van der Waals surface area contributed by atoms with Gasteiger partial charge in [0.25, 0.3) is 0 Å². The van der Waals surface area contributed by atoms with Gasteiger partial charge in [0.2, 0.25) is 5.24 Å². The Bertz CT molecular complexity index is 184. The summed E-state index contributed by atoms with van der Waals surface area (Å²) in [5.74, 6) is 1.72. The van der Waals surface area contributed by atoms with Crippen LogP contribution in [0.4, 0.5) is 0 Å². The lowest BCUT2D eigenvalue weighted by atomic mass is 9.85. The molecule has 2 atom stereocenters. The lowest BCUT2D eigenvalue weighted by molar-refractivity contribution is -0.113. The normalized spacial score (nSPS) is 36.4. The summed E-state index contributed by atoms with van der Waals surface area (Å²) in [6, 6.07) is 0. The zero-order valence-electron chi connectivity index (χ0n) is 7.26. The van der Waals surface area contributed by atoms with E-state index in [0.29, 0.717) is 5.92 Å². The van der Waals surface area contributed by atoms with E-state index in [1.807, 2.05) is 0 Å². The maximum atomic E-state index is 10.8. The fourth-order valence-electron chi connectivity index (χ4n) is 2.56. The molecule has 2 rings (SSSR count). The van der Waals surface area contributed by atoms with Crippen LogP contribution in [-0.2, 0) is 4.79 Å². The van der Waals surface area contributed by atoms with Gasteiger partial charge in [-0.3, -0.25) is 4.79 Å². The quantitative estimate of drug-likeness (QED) is 0.606. The monoisotopic (exact) mass is 186 g/mol. The molecule has 0 aromatic rings. The van der Waals surface area contributed by atoms with E-state index in [2.05, 4.69) is 0 Å². The first kappa shape index (κ1) is 8.55. The lowest BCUT2D eigenvalue weighted by Crippen LogP contribution is -2.10. The van der Waals surface area contributed by atoms with Crippen LogP contribution in [0.15, 0.2) is 0 Å². The summed E-state index contributed by atoms with van der Waals surface area (Å²) in [5, 5.41) is -0.0921. The zero-order valence-corrected chi connectivity index (χ0v) is 8.02. The van der Waals surface area contributed by atoms with E-state index in [4.69, 9.17) is 11.6 Å². The Kier molecular flexibility index (Phi) is 2.40. The number of hydrogen-bond donors (Lipinski definition) is 0. The van der Waals surface area contributed by atoms with Crippen LogP contribution in [0.1, 0.15) is 38.5 Å². The molecular formula is C10H15ClO. The number of halogens is 1. The van der Waals surface area contributed by atoms with Crippen molar-refractivity contribution in [1.82, 2.24) is 0 Å². The van der Waals surface area contributed by atoms with Gasteiger partial charge in [-0.25, -0.2) is 0 Å². The molecule has 2 fully saturated rings. The molecule has 2 unspecified atom stereocenters. The van der Waals surface area contributed by atoms with E-state index in [1.165, 1.54) is 32.1 Å². The molecule has 12 heavy (non-hydrogen) atoms. The van der Waals surface area contributed by atoms with Crippen LogP contribution < -0.4 is 0 Å². The average Bonchev–Trinajstić information content (AvgIpc) is 2.84. The number of hydrogen-bond acceptors (Lipinski definition) is 1. The topological polar surface area (TPSA) is 17.1 Å². The Morgan fingerprint density at radius 1 is 1.17 bits per heavy atom. The van der Waals surface area contributed by atoms with E-state index in [9.17, 15) is 4.79 Å². The van der Waals surface area contributed by atoms with Crippen LogP contribution in [0.25, 0.3) is 0 Å². The highest BCUT2D eigenvalue weighted by molar-refractivity contribution is 6.64. The van der Waals surface area contributed by atoms with E-state index in [-0.39, 0.29) is 11.2 Å². The highest BCUT2D eigenvalue weighted by atomic mass is 35.5. The van der Waals surface area contributed by atoms with Crippen LogP contribution in [-0.4, -0.2) is 5.24 Å². The number of carbonyl (C=O) groups excluding carboxylic acids is 1. The predicted octanol–water partition coefficient (Wildman–Crippen LogP) is 2.97. The SMILES string of the molecule is O=C(Cl)C1CC1C1CCCCC1. The largest absolute Gasteiger partial charge is 0.281 e. The molecule has 0 aromatic carbocycles.